The van der Waals surface area contributed by atoms with Crippen LogP contribution in [-0.2, 0) is 4.79 Å². The van der Waals surface area contributed by atoms with E-state index in [2.05, 4.69) is 0 Å². The highest BCUT2D eigenvalue weighted by molar-refractivity contribution is 5.76. The summed E-state index contributed by atoms with van der Waals surface area (Å²) >= 11 is 0. The van der Waals surface area contributed by atoms with Crippen LogP contribution in [0.1, 0.15) is 31.7 Å². The Morgan fingerprint density at radius 1 is 1.35 bits per heavy atom. The summed E-state index contributed by atoms with van der Waals surface area (Å²) in [6.07, 6.45) is 0.548. The van der Waals surface area contributed by atoms with Crippen molar-refractivity contribution in [1.82, 2.24) is 0 Å². The molecule has 0 saturated carbocycles. The fraction of sp³-hybridized carbons (Fsp3) is 0.462. The summed E-state index contributed by atoms with van der Waals surface area (Å²) in [7, 11) is 1.54. The fourth-order valence-electron chi connectivity index (χ4n) is 1.73. The molecule has 17 heavy (non-hydrogen) atoms. The van der Waals surface area contributed by atoms with Crippen LogP contribution in [0.2, 0.25) is 0 Å². The van der Waals surface area contributed by atoms with Crippen LogP contribution in [0.3, 0.4) is 0 Å². The maximum Gasteiger partial charge on any atom is 0.310 e. The molecule has 0 aliphatic carbocycles. The van der Waals surface area contributed by atoms with E-state index in [1.54, 1.807) is 25.3 Å². The number of carbonyl (C=O) groups is 1. The van der Waals surface area contributed by atoms with Crippen molar-refractivity contribution in [3.63, 3.8) is 0 Å². The number of ether oxygens (including phenoxy) is 2. The van der Waals surface area contributed by atoms with Crippen LogP contribution >= 0.6 is 0 Å². The third-order valence-electron chi connectivity index (χ3n) is 2.60. The quantitative estimate of drug-likeness (QED) is 0.827. The molecule has 0 aromatic heterocycles. The maximum atomic E-state index is 11.1. The van der Waals surface area contributed by atoms with Gasteiger partial charge in [-0.3, -0.25) is 4.79 Å². The molecule has 4 heteroatoms. The van der Waals surface area contributed by atoms with Crippen LogP contribution in [0.25, 0.3) is 0 Å². The molecule has 0 saturated heterocycles. The molecule has 4 nitrogen and oxygen atoms in total. The summed E-state index contributed by atoms with van der Waals surface area (Å²) in [5.41, 5.74) is 0.736. The van der Waals surface area contributed by atoms with Crippen LogP contribution in [-0.4, -0.2) is 24.8 Å². The molecule has 0 spiro atoms. The van der Waals surface area contributed by atoms with Crippen molar-refractivity contribution in [1.29, 1.82) is 0 Å². The van der Waals surface area contributed by atoms with E-state index in [0.717, 1.165) is 5.56 Å². The van der Waals surface area contributed by atoms with Gasteiger partial charge in [0.25, 0.3) is 0 Å². The molecule has 0 radical (unpaired) electrons. The number of methoxy groups -OCH3 is 1. The van der Waals surface area contributed by atoms with Gasteiger partial charge in [-0.1, -0.05) is 13.0 Å². The van der Waals surface area contributed by atoms with Crippen molar-refractivity contribution in [3.05, 3.63) is 23.8 Å². The summed E-state index contributed by atoms with van der Waals surface area (Å²) < 4.78 is 10.6. The van der Waals surface area contributed by atoms with Crippen molar-refractivity contribution >= 4 is 5.97 Å². The molecular formula is C13H18O4. The third kappa shape index (κ3) is 3.12. The SMILES string of the molecule is CCOc1ccc(C(CC)C(=O)O)cc1OC. The second-order valence-corrected chi connectivity index (χ2v) is 3.64. The average molecular weight is 238 g/mol. The number of hydrogen-bond donors (Lipinski definition) is 1. The largest absolute Gasteiger partial charge is 0.493 e. The monoisotopic (exact) mass is 238 g/mol. The Kier molecular flexibility index (Phi) is 4.82. The lowest BCUT2D eigenvalue weighted by Gasteiger charge is -2.14. The van der Waals surface area contributed by atoms with E-state index in [9.17, 15) is 4.79 Å². The lowest BCUT2D eigenvalue weighted by atomic mass is 9.96. The molecule has 0 aliphatic heterocycles. The number of hydrogen-bond acceptors (Lipinski definition) is 3. The summed E-state index contributed by atoms with van der Waals surface area (Å²) in [6, 6.07) is 5.26. The molecule has 1 atom stereocenters. The van der Waals surface area contributed by atoms with Gasteiger partial charge < -0.3 is 14.6 Å². The van der Waals surface area contributed by atoms with Crippen molar-refractivity contribution in [2.75, 3.05) is 13.7 Å². The zero-order valence-corrected chi connectivity index (χ0v) is 10.4. The fourth-order valence-corrected chi connectivity index (χ4v) is 1.73. The molecule has 1 aromatic rings. The second-order valence-electron chi connectivity index (χ2n) is 3.64. The zero-order valence-electron chi connectivity index (χ0n) is 10.4. The molecule has 1 N–H and O–H groups in total. The molecule has 1 unspecified atom stereocenters. The van der Waals surface area contributed by atoms with E-state index in [0.29, 0.717) is 24.5 Å². The van der Waals surface area contributed by atoms with E-state index >= 15 is 0 Å². The summed E-state index contributed by atoms with van der Waals surface area (Å²) in [6.45, 7) is 4.28. The first-order valence-corrected chi connectivity index (χ1v) is 5.67. The van der Waals surface area contributed by atoms with Crippen molar-refractivity contribution in [2.24, 2.45) is 0 Å². The van der Waals surface area contributed by atoms with Gasteiger partial charge in [-0.15, -0.1) is 0 Å². The third-order valence-corrected chi connectivity index (χ3v) is 2.60. The molecule has 0 bridgehead atoms. The number of carboxylic acids is 1. The highest BCUT2D eigenvalue weighted by atomic mass is 16.5. The Morgan fingerprint density at radius 2 is 2.06 bits per heavy atom. The normalized spacial score (nSPS) is 11.9. The van der Waals surface area contributed by atoms with Gasteiger partial charge in [0.05, 0.1) is 19.6 Å². The van der Waals surface area contributed by atoms with Gasteiger partial charge in [0.1, 0.15) is 0 Å². The van der Waals surface area contributed by atoms with Crippen LogP contribution in [0.5, 0.6) is 11.5 Å². The van der Waals surface area contributed by atoms with E-state index in [1.807, 2.05) is 13.8 Å². The van der Waals surface area contributed by atoms with Crippen LogP contribution in [0.15, 0.2) is 18.2 Å². The minimum Gasteiger partial charge on any atom is -0.493 e. The van der Waals surface area contributed by atoms with Crippen LogP contribution in [0.4, 0.5) is 0 Å². The molecule has 0 amide bonds. The molecule has 0 heterocycles. The van der Waals surface area contributed by atoms with Gasteiger partial charge in [-0.2, -0.15) is 0 Å². The van der Waals surface area contributed by atoms with E-state index in [-0.39, 0.29) is 0 Å². The van der Waals surface area contributed by atoms with E-state index in [1.165, 1.54) is 0 Å². The highest BCUT2D eigenvalue weighted by Gasteiger charge is 2.19. The van der Waals surface area contributed by atoms with Crippen molar-refractivity contribution < 1.29 is 19.4 Å². The van der Waals surface area contributed by atoms with Crippen molar-refractivity contribution in [2.45, 2.75) is 26.2 Å². The van der Waals surface area contributed by atoms with Gasteiger partial charge in [-0.05, 0) is 31.0 Å². The molecule has 0 fully saturated rings. The van der Waals surface area contributed by atoms with Gasteiger partial charge in [-0.25, -0.2) is 0 Å². The molecule has 1 aromatic carbocycles. The summed E-state index contributed by atoms with van der Waals surface area (Å²) in [5, 5.41) is 9.09. The molecule has 1 rings (SSSR count). The smallest absolute Gasteiger partial charge is 0.310 e. The second kappa shape index (κ2) is 6.13. The summed E-state index contributed by atoms with van der Waals surface area (Å²) in [4.78, 5) is 11.1. The summed E-state index contributed by atoms with van der Waals surface area (Å²) in [5.74, 6) is -0.110. The first-order valence-electron chi connectivity index (χ1n) is 5.67. The van der Waals surface area contributed by atoms with Crippen LogP contribution < -0.4 is 9.47 Å². The number of rotatable bonds is 6. The number of benzene rings is 1. The van der Waals surface area contributed by atoms with Gasteiger partial charge >= 0.3 is 5.97 Å². The lowest BCUT2D eigenvalue weighted by molar-refractivity contribution is -0.138. The van der Waals surface area contributed by atoms with Gasteiger partial charge in [0.15, 0.2) is 11.5 Å². The zero-order chi connectivity index (χ0) is 12.8. The first kappa shape index (κ1) is 13.4. The Balaban J connectivity index is 3.07. The van der Waals surface area contributed by atoms with Crippen molar-refractivity contribution in [3.8, 4) is 11.5 Å². The average Bonchev–Trinajstić information content (AvgIpc) is 2.31. The van der Waals surface area contributed by atoms with Crippen LogP contribution in [0, 0.1) is 0 Å². The predicted octanol–water partition coefficient (Wildman–Crippen LogP) is 2.67. The Morgan fingerprint density at radius 3 is 2.53 bits per heavy atom. The van der Waals surface area contributed by atoms with E-state index in [4.69, 9.17) is 14.6 Å². The standard InChI is InChI=1S/C13H18O4/c1-4-10(13(14)15)9-6-7-11(17-5-2)12(8-9)16-3/h6-8,10H,4-5H2,1-3H3,(H,14,15). The van der Waals surface area contributed by atoms with Gasteiger partial charge in [0, 0.05) is 0 Å². The minimum absolute atomic E-state index is 0.500. The van der Waals surface area contributed by atoms with E-state index < -0.39 is 11.9 Å². The van der Waals surface area contributed by atoms with Gasteiger partial charge in [0.2, 0.25) is 0 Å². The topological polar surface area (TPSA) is 55.8 Å². The molecule has 0 aliphatic rings. The first-order chi connectivity index (χ1) is 8.13. The molecular weight excluding hydrogens is 220 g/mol. The number of carboxylic acid groups (broad SMARTS) is 1. The Bertz CT molecular complexity index is 387. The maximum absolute atomic E-state index is 11.1. The highest BCUT2D eigenvalue weighted by Crippen LogP contribution is 2.32. The lowest BCUT2D eigenvalue weighted by Crippen LogP contribution is -2.10. The Labute approximate surface area is 101 Å². The molecule has 94 valence electrons. The predicted molar refractivity (Wildman–Crippen MR) is 64.8 cm³/mol. The number of aliphatic carboxylic acids is 1. The minimum atomic E-state index is -0.821. The Hall–Kier alpha value is -1.71.